The number of amides is 2. The lowest BCUT2D eigenvalue weighted by Crippen LogP contribution is -2.34. The Morgan fingerprint density at radius 1 is 1.17 bits per heavy atom. The lowest BCUT2D eigenvalue weighted by atomic mass is 10.2. The smallest absolute Gasteiger partial charge is 0.404 e. The molecule has 0 unspecified atom stereocenters. The van der Waals surface area contributed by atoms with Crippen molar-refractivity contribution in [2.24, 2.45) is 5.92 Å². The molecule has 0 aliphatic heterocycles. The molecule has 12 heavy (non-hydrogen) atoms. The summed E-state index contributed by atoms with van der Waals surface area (Å²) < 4.78 is 0. The Morgan fingerprint density at radius 2 is 1.50 bits per heavy atom. The fraction of sp³-hybridized carbons (Fsp3) is 0.667. The molecular weight excluding hydrogens is 164 g/mol. The highest BCUT2D eigenvalue weighted by Crippen LogP contribution is 1.88. The summed E-state index contributed by atoms with van der Waals surface area (Å²) in [5.74, 6) is -0.0443. The van der Waals surface area contributed by atoms with Gasteiger partial charge in [-0.3, -0.25) is 0 Å². The first-order valence-corrected chi connectivity index (χ1v) is 3.46. The van der Waals surface area contributed by atoms with Crippen LogP contribution in [0.15, 0.2) is 0 Å². The zero-order valence-electron chi connectivity index (χ0n) is 6.70. The number of rotatable bonds is 4. The van der Waals surface area contributed by atoms with E-state index in [1.807, 2.05) is 0 Å². The van der Waals surface area contributed by atoms with Gasteiger partial charge in [0.15, 0.2) is 0 Å². The third-order valence-electron chi connectivity index (χ3n) is 1.20. The summed E-state index contributed by atoms with van der Waals surface area (Å²) >= 11 is 0. The van der Waals surface area contributed by atoms with Crippen molar-refractivity contribution in [3.63, 3.8) is 0 Å². The second-order valence-electron chi connectivity index (χ2n) is 2.48. The minimum atomic E-state index is -1.10. The number of carbonyl (C=O) groups is 2. The summed E-state index contributed by atoms with van der Waals surface area (Å²) in [6.45, 7) is 2.23. The van der Waals surface area contributed by atoms with Crippen LogP contribution in [0.1, 0.15) is 6.92 Å². The molecule has 6 nitrogen and oxygen atoms in total. The molecule has 2 amide bonds. The Morgan fingerprint density at radius 3 is 1.75 bits per heavy atom. The zero-order chi connectivity index (χ0) is 9.56. The van der Waals surface area contributed by atoms with Crippen molar-refractivity contribution >= 4 is 12.2 Å². The van der Waals surface area contributed by atoms with Gasteiger partial charge in [0, 0.05) is 13.1 Å². The van der Waals surface area contributed by atoms with Crippen molar-refractivity contribution in [2.75, 3.05) is 13.1 Å². The van der Waals surface area contributed by atoms with E-state index in [9.17, 15) is 9.59 Å². The second-order valence-corrected chi connectivity index (χ2v) is 2.48. The monoisotopic (exact) mass is 176 g/mol. The first-order valence-electron chi connectivity index (χ1n) is 3.46. The highest BCUT2D eigenvalue weighted by Gasteiger charge is 2.04. The molecule has 0 aromatic rings. The average Bonchev–Trinajstić information content (AvgIpc) is 1.96. The lowest BCUT2D eigenvalue weighted by Gasteiger charge is -2.09. The van der Waals surface area contributed by atoms with Crippen LogP contribution in [0.2, 0.25) is 0 Å². The van der Waals surface area contributed by atoms with E-state index in [-0.39, 0.29) is 19.0 Å². The summed E-state index contributed by atoms with van der Waals surface area (Å²) in [6.07, 6.45) is -2.20. The van der Waals surface area contributed by atoms with Crippen LogP contribution in [0.4, 0.5) is 9.59 Å². The van der Waals surface area contributed by atoms with Gasteiger partial charge in [-0.05, 0) is 5.92 Å². The zero-order valence-corrected chi connectivity index (χ0v) is 6.70. The standard InChI is InChI=1S/C6H12N2O4/c1-4(2-7-5(9)10)3-8-6(11)12/h4,7-8H,2-3H2,1H3,(H,9,10)(H,11,12). The molecule has 0 atom stereocenters. The van der Waals surface area contributed by atoms with Crippen molar-refractivity contribution < 1.29 is 19.8 Å². The van der Waals surface area contributed by atoms with E-state index in [0.717, 1.165) is 0 Å². The molecule has 0 radical (unpaired) electrons. The van der Waals surface area contributed by atoms with Gasteiger partial charge in [-0.1, -0.05) is 6.92 Å². The predicted molar refractivity (Wildman–Crippen MR) is 41.2 cm³/mol. The maximum Gasteiger partial charge on any atom is 0.404 e. The van der Waals surface area contributed by atoms with Crippen LogP contribution >= 0.6 is 0 Å². The molecule has 4 N–H and O–H groups in total. The molecule has 0 rings (SSSR count). The predicted octanol–water partition coefficient (Wildman–Crippen LogP) is 0.158. The van der Waals surface area contributed by atoms with Crippen molar-refractivity contribution in [3.8, 4) is 0 Å². The fourth-order valence-corrected chi connectivity index (χ4v) is 0.595. The third kappa shape index (κ3) is 6.66. The molecule has 0 heterocycles. The van der Waals surface area contributed by atoms with Crippen molar-refractivity contribution in [2.45, 2.75) is 6.92 Å². The number of carboxylic acid groups (broad SMARTS) is 2. The molecular formula is C6H12N2O4. The van der Waals surface area contributed by atoms with Gasteiger partial charge < -0.3 is 20.8 Å². The van der Waals surface area contributed by atoms with Crippen molar-refractivity contribution in [1.82, 2.24) is 10.6 Å². The quantitative estimate of drug-likeness (QED) is 0.490. The summed E-state index contributed by atoms with van der Waals surface area (Å²) in [7, 11) is 0. The van der Waals surface area contributed by atoms with Crippen LogP contribution < -0.4 is 10.6 Å². The molecule has 0 aromatic carbocycles. The Hall–Kier alpha value is -1.46. The van der Waals surface area contributed by atoms with Gasteiger partial charge in [-0.2, -0.15) is 0 Å². The highest BCUT2D eigenvalue weighted by atomic mass is 16.4. The van der Waals surface area contributed by atoms with Gasteiger partial charge in [0.05, 0.1) is 0 Å². The van der Waals surface area contributed by atoms with Gasteiger partial charge in [0.2, 0.25) is 0 Å². The van der Waals surface area contributed by atoms with E-state index in [1.165, 1.54) is 0 Å². The molecule has 0 aromatic heterocycles. The van der Waals surface area contributed by atoms with Crippen LogP contribution in [-0.4, -0.2) is 35.5 Å². The molecule has 0 saturated heterocycles. The molecule has 0 bridgehead atoms. The minimum Gasteiger partial charge on any atom is -0.465 e. The first-order chi connectivity index (χ1) is 5.52. The Labute approximate surface area is 69.6 Å². The van der Waals surface area contributed by atoms with Gasteiger partial charge in [-0.15, -0.1) is 0 Å². The maximum atomic E-state index is 9.99. The Bertz CT molecular complexity index is 153. The second kappa shape index (κ2) is 5.22. The molecule has 70 valence electrons. The molecule has 6 heteroatoms. The summed E-state index contributed by atoms with van der Waals surface area (Å²) in [5.41, 5.74) is 0. The average molecular weight is 176 g/mol. The third-order valence-corrected chi connectivity index (χ3v) is 1.20. The van der Waals surface area contributed by atoms with Crippen LogP contribution in [-0.2, 0) is 0 Å². The van der Waals surface area contributed by atoms with E-state index < -0.39 is 12.2 Å². The van der Waals surface area contributed by atoms with E-state index >= 15 is 0 Å². The summed E-state index contributed by atoms with van der Waals surface area (Å²) in [5, 5.41) is 20.7. The molecule has 0 spiro atoms. The van der Waals surface area contributed by atoms with Crippen molar-refractivity contribution in [3.05, 3.63) is 0 Å². The molecule has 0 aliphatic rings. The van der Waals surface area contributed by atoms with Crippen LogP contribution in [0.3, 0.4) is 0 Å². The van der Waals surface area contributed by atoms with E-state index in [1.54, 1.807) is 6.92 Å². The molecule has 0 aliphatic carbocycles. The van der Waals surface area contributed by atoms with E-state index in [4.69, 9.17) is 10.2 Å². The van der Waals surface area contributed by atoms with E-state index in [0.29, 0.717) is 0 Å². The van der Waals surface area contributed by atoms with Gasteiger partial charge in [0.25, 0.3) is 0 Å². The fourth-order valence-electron chi connectivity index (χ4n) is 0.595. The van der Waals surface area contributed by atoms with Crippen LogP contribution in [0.25, 0.3) is 0 Å². The SMILES string of the molecule is CC(CNC(=O)O)CNC(=O)O. The summed E-state index contributed by atoms with van der Waals surface area (Å²) in [6, 6.07) is 0. The van der Waals surface area contributed by atoms with Gasteiger partial charge in [0.1, 0.15) is 0 Å². The van der Waals surface area contributed by atoms with E-state index in [2.05, 4.69) is 10.6 Å². The molecule has 0 saturated carbocycles. The highest BCUT2D eigenvalue weighted by molar-refractivity contribution is 5.65. The van der Waals surface area contributed by atoms with Crippen molar-refractivity contribution in [1.29, 1.82) is 0 Å². The first kappa shape index (κ1) is 10.5. The Balaban J connectivity index is 3.39. The summed E-state index contributed by atoms with van der Waals surface area (Å²) in [4.78, 5) is 20.0. The number of nitrogens with one attached hydrogen (secondary N) is 2. The topological polar surface area (TPSA) is 98.7 Å². The largest absolute Gasteiger partial charge is 0.465 e. The van der Waals surface area contributed by atoms with Crippen LogP contribution in [0.5, 0.6) is 0 Å². The Kier molecular flexibility index (Phi) is 4.59. The van der Waals surface area contributed by atoms with Gasteiger partial charge >= 0.3 is 12.2 Å². The lowest BCUT2D eigenvalue weighted by molar-refractivity contribution is 0.190. The maximum absolute atomic E-state index is 9.99. The number of hydrogen-bond acceptors (Lipinski definition) is 2. The van der Waals surface area contributed by atoms with Gasteiger partial charge in [-0.25, -0.2) is 9.59 Å². The molecule has 0 fully saturated rings. The minimum absolute atomic E-state index is 0.0443. The van der Waals surface area contributed by atoms with Crippen LogP contribution in [0, 0.1) is 5.92 Å². The normalized spacial score (nSPS) is 9.50. The number of hydrogen-bond donors (Lipinski definition) is 4.